The molecule has 1 aliphatic carbocycles. The van der Waals surface area contributed by atoms with Gasteiger partial charge < -0.3 is 4.74 Å². The molecule has 1 fully saturated rings. The van der Waals surface area contributed by atoms with Gasteiger partial charge in [0.05, 0.1) is 11.2 Å². The molecule has 4 rings (SSSR count). The van der Waals surface area contributed by atoms with Gasteiger partial charge in [0.15, 0.2) is 12.6 Å². The van der Waals surface area contributed by atoms with Gasteiger partial charge in [0.25, 0.3) is 5.91 Å². The Bertz CT molecular complexity index is 898. The van der Waals surface area contributed by atoms with Gasteiger partial charge in [-0.1, -0.05) is 23.2 Å². The third-order valence-electron chi connectivity index (χ3n) is 5.05. The van der Waals surface area contributed by atoms with Gasteiger partial charge in [-0.3, -0.25) is 9.69 Å². The standard InChI is InChI=1S/C18H16Cl2F3N3O2/c19-11-3-4-14(12(20)7-11)28-9-17(27)25-13(10-1-2-10)8-15(18(21,22)23)26-16(25)5-6-24-26/h3-7,10,13,15H,1-2,8-9H2/t13-,15+/m1/s1. The number of ether oxygens (including phenoxy) is 1. The molecule has 0 radical (unpaired) electrons. The summed E-state index contributed by atoms with van der Waals surface area (Å²) in [5.74, 6) is 0.0317. The minimum absolute atomic E-state index is 0.0524. The molecule has 2 aromatic rings. The predicted octanol–water partition coefficient (Wildman–Crippen LogP) is 4.89. The smallest absolute Gasteiger partial charge is 0.410 e. The van der Waals surface area contributed by atoms with Gasteiger partial charge in [0.1, 0.15) is 11.6 Å². The highest BCUT2D eigenvalue weighted by Crippen LogP contribution is 2.48. The number of alkyl halides is 3. The molecule has 1 aliphatic heterocycles. The van der Waals surface area contributed by atoms with Crippen LogP contribution in [0.3, 0.4) is 0 Å². The maximum atomic E-state index is 13.5. The maximum absolute atomic E-state index is 13.5. The van der Waals surface area contributed by atoms with Crippen molar-refractivity contribution in [2.75, 3.05) is 11.5 Å². The number of hydrogen-bond acceptors (Lipinski definition) is 3. The number of rotatable bonds is 4. The lowest BCUT2D eigenvalue weighted by molar-refractivity contribution is -0.175. The Morgan fingerprint density at radius 1 is 1.25 bits per heavy atom. The predicted molar refractivity (Wildman–Crippen MR) is 97.9 cm³/mol. The van der Waals surface area contributed by atoms with Crippen LogP contribution in [0.25, 0.3) is 0 Å². The minimum atomic E-state index is -4.43. The Hall–Kier alpha value is -1.93. The summed E-state index contributed by atoms with van der Waals surface area (Å²) < 4.78 is 46.9. The molecule has 1 aromatic heterocycles. The lowest BCUT2D eigenvalue weighted by atomic mass is 9.98. The van der Waals surface area contributed by atoms with Crippen LogP contribution < -0.4 is 9.64 Å². The van der Waals surface area contributed by atoms with Gasteiger partial charge in [-0.05, 0) is 43.4 Å². The molecule has 2 heterocycles. The molecule has 10 heteroatoms. The summed E-state index contributed by atoms with van der Waals surface area (Å²) in [6.45, 7) is -0.355. The van der Waals surface area contributed by atoms with Gasteiger partial charge >= 0.3 is 6.18 Å². The molecule has 0 bridgehead atoms. The normalized spacial score (nSPS) is 22.1. The zero-order valence-corrected chi connectivity index (χ0v) is 16.0. The van der Waals surface area contributed by atoms with E-state index in [1.807, 2.05) is 0 Å². The minimum Gasteiger partial charge on any atom is -0.482 e. The van der Waals surface area contributed by atoms with E-state index in [2.05, 4.69) is 5.10 Å². The van der Waals surface area contributed by atoms with Crippen LogP contribution in [0.1, 0.15) is 25.3 Å². The quantitative estimate of drug-likeness (QED) is 0.689. The largest absolute Gasteiger partial charge is 0.482 e. The zero-order chi connectivity index (χ0) is 20.1. The van der Waals surface area contributed by atoms with Crippen molar-refractivity contribution < 1.29 is 22.7 Å². The molecule has 150 valence electrons. The van der Waals surface area contributed by atoms with E-state index in [9.17, 15) is 18.0 Å². The van der Waals surface area contributed by atoms with Gasteiger partial charge in [0.2, 0.25) is 0 Å². The molecule has 5 nitrogen and oxygen atoms in total. The van der Waals surface area contributed by atoms with Crippen molar-refractivity contribution in [2.45, 2.75) is 37.5 Å². The van der Waals surface area contributed by atoms with E-state index in [-0.39, 0.29) is 35.5 Å². The Kier molecular flexibility index (Phi) is 4.95. The highest BCUT2D eigenvalue weighted by Gasteiger charge is 2.52. The van der Waals surface area contributed by atoms with E-state index in [0.29, 0.717) is 5.02 Å². The molecule has 0 spiro atoms. The highest BCUT2D eigenvalue weighted by molar-refractivity contribution is 6.35. The second-order valence-corrected chi connectivity index (χ2v) is 7.80. The highest BCUT2D eigenvalue weighted by atomic mass is 35.5. The first-order valence-electron chi connectivity index (χ1n) is 8.76. The summed E-state index contributed by atoms with van der Waals surface area (Å²) in [5.41, 5.74) is 0. The Labute approximate surface area is 169 Å². The Morgan fingerprint density at radius 3 is 2.64 bits per heavy atom. The third kappa shape index (κ3) is 3.67. The number of aromatic nitrogens is 2. The lowest BCUT2D eigenvalue weighted by Gasteiger charge is -2.40. The molecule has 0 unspecified atom stereocenters. The van der Waals surface area contributed by atoms with E-state index in [4.69, 9.17) is 27.9 Å². The van der Waals surface area contributed by atoms with Crippen molar-refractivity contribution in [3.8, 4) is 5.75 Å². The second kappa shape index (κ2) is 7.15. The zero-order valence-electron chi connectivity index (χ0n) is 14.5. The van der Waals surface area contributed by atoms with Crippen molar-refractivity contribution in [2.24, 2.45) is 5.92 Å². The van der Waals surface area contributed by atoms with E-state index in [0.717, 1.165) is 17.5 Å². The summed E-state index contributed by atoms with van der Waals surface area (Å²) in [7, 11) is 0. The average Bonchev–Trinajstić information content (AvgIpc) is 3.35. The second-order valence-electron chi connectivity index (χ2n) is 6.96. The number of anilines is 1. The molecule has 28 heavy (non-hydrogen) atoms. The first kappa shape index (κ1) is 19.4. The lowest BCUT2D eigenvalue weighted by Crippen LogP contribution is -2.51. The topological polar surface area (TPSA) is 47.4 Å². The van der Waals surface area contributed by atoms with Crippen LogP contribution >= 0.6 is 23.2 Å². The van der Waals surface area contributed by atoms with E-state index < -0.39 is 24.2 Å². The van der Waals surface area contributed by atoms with Crippen molar-refractivity contribution in [1.82, 2.24) is 9.78 Å². The van der Waals surface area contributed by atoms with Crippen LogP contribution in [0.2, 0.25) is 10.0 Å². The summed E-state index contributed by atoms with van der Waals surface area (Å²) in [5, 5.41) is 4.50. The molecule has 1 saturated carbocycles. The first-order chi connectivity index (χ1) is 13.3. The van der Waals surface area contributed by atoms with Crippen molar-refractivity contribution in [3.63, 3.8) is 0 Å². The molecule has 0 N–H and O–H groups in total. The fourth-order valence-corrected chi connectivity index (χ4v) is 4.08. The average molecular weight is 434 g/mol. The van der Waals surface area contributed by atoms with Gasteiger partial charge in [-0.2, -0.15) is 18.3 Å². The monoisotopic (exact) mass is 433 g/mol. The molecular weight excluding hydrogens is 418 g/mol. The van der Waals surface area contributed by atoms with Gasteiger partial charge in [-0.25, -0.2) is 4.68 Å². The molecule has 0 saturated heterocycles. The van der Waals surface area contributed by atoms with Crippen LogP contribution in [0.15, 0.2) is 30.5 Å². The number of fused-ring (bicyclic) bond motifs is 1. The number of amides is 1. The summed E-state index contributed by atoms with van der Waals surface area (Å²) >= 11 is 11.9. The van der Waals surface area contributed by atoms with Crippen LogP contribution in [-0.4, -0.2) is 34.5 Å². The molecule has 1 amide bonds. The number of halogens is 5. The van der Waals surface area contributed by atoms with E-state index in [1.165, 1.54) is 29.3 Å². The summed E-state index contributed by atoms with van der Waals surface area (Å²) in [4.78, 5) is 14.3. The van der Waals surface area contributed by atoms with E-state index in [1.54, 1.807) is 6.07 Å². The van der Waals surface area contributed by atoms with Crippen LogP contribution in [0.5, 0.6) is 5.75 Å². The maximum Gasteiger partial charge on any atom is 0.410 e. The molecule has 2 aliphatic rings. The number of carbonyl (C=O) groups excluding carboxylic acids is 1. The van der Waals surface area contributed by atoms with Crippen LogP contribution in [0.4, 0.5) is 19.0 Å². The van der Waals surface area contributed by atoms with Crippen LogP contribution in [-0.2, 0) is 4.79 Å². The molecule has 1 aromatic carbocycles. The van der Waals surface area contributed by atoms with Crippen molar-refractivity contribution in [3.05, 3.63) is 40.5 Å². The number of nitrogens with zero attached hydrogens (tertiary/aromatic N) is 3. The summed E-state index contributed by atoms with van der Waals surface area (Å²) in [6.07, 6.45) is -1.76. The third-order valence-corrected chi connectivity index (χ3v) is 5.58. The SMILES string of the molecule is O=C(COc1ccc(Cl)cc1Cl)N1c2ccnn2[C@H](C(F)(F)F)C[C@@H]1C1CC1. The fraction of sp³-hybridized carbons (Fsp3) is 0.444. The van der Waals surface area contributed by atoms with E-state index >= 15 is 0 Å². The Morgan fingerprint density at radius 2 is 2.00 bits per heavy atom. The fourth-order valence-electron chi connectivity index (χ4n) is 3.61. The van der Waals surface area contributed by atoms with Crippen molar-refractivity contribution >= 4 is 34.9 Å². The van der Waals surface area contributed by atoms with Gasteiger partial charge in [0, 0.05) is 17.1 Å². The van der Waals surface area contributed by atoms with Crippen LogP contribution in [0, 0.1) is 5.92 Å². The molecular formula is C18H16Cl2F3N3O2. The molecule has 2 atom stereocenters. The Balaban J connectivity index is 1.58. The first-order valence-corrected chi connectivity index (χ1v) is 9.51. The van der Waals surface area contributed by atoms with Gasteiger partial charge in [-0.15, -0.1) is 0 Å². The number of carbonyl (C=O) groups is 1. The number of hydrogen-bond donors (Lipinski definition) is 0. The van der Waals surface area contributed by atoms with Crippen molar-refractivity contribution in [1.29, 1.82) is 0 Å². The number of benzene rings is 1. The summed E-state index contributed by atoms with van der Waals surface area (Å²) in [6, 6.07) is 3.76.